The number of aromatic nitrogens is 1. The second-order valence-corrected chi connectivity index (χ2v) is 7.80. The van der Waals surface area contributed by atoms with E-state index in [1.54, 1.807) is 0 Å². The number of benzene rings is 2. The van der Waals surface area contributed by atoms with E-state index in [0.29, 0.717) is 12.4 Å². The number of carbonyl (C=O) groups excluding carboxylic acids is 1. The molecule has 0 aliphatic carbocycles. The molecule has 34 heavy (non-hydrogen) atoms. The highest BCUT2D eigenvalue weighted by Crippen LogP contribution is 2.46. The summed E-state index contributed by atoms with van der Waals surface area (Å²) in [5, 5.41) is 0.232. The number of nitrogens with zero attached hydrogens (tertiary/aromatic N) is 1. The average Bonchev–Trinajstić information content (AvgIpc) is 2.78. The lowest BCUT2D eigenvalue weighted by atomic mass is 9.92. The van der Waals surface area contributed by atoms with E-state index in [1.165, 1.54) is 38.7 Å². The highest BCUT2D eigenvalue weighted by Gasteiger charge is 2.32. The van der Waals surface area contributed by atoms with Crippen LogP contribution in [0.4, 0.5) is 17.6 Å². The lowest BCUT2D eigenvalue weighted by Crippen LogP contribution is -2.11. The van der Waals surface area contributed by atoms with Crippen LogP contribution in [0.25, 0.3) is 0 Å². The van der Waals surface area contributed by atoms with Crippen LogP contribution in [-0.2, 0) is 17.6 Å². The van der Waals surface area contributed by atoms with Crippen molar-refractivity contribution < 1.29 is 36.6 Å². The fourth-order valence-electron chi connectivity index (χ4n) is 3.38. The minimum absolute atomic E-state index is 0.0132. The van der Waals surface area contributed by atoms with Gasteiger partial charge in [0.2, 0.25) is 5.75 Å². The van der Waals surface area contributed by atoms with Gasteiger partial charge in [-0.25, -0.2) is 4.39 Å². The number of alkyl halides is 3. The van der Waals surface area contributed by atoms with Gasteiger partial charge in [-0.3, -0.25) is 4.98 Å². The maximum atomic E-state index is 13.8. The molecule has 3 rings (SSSR count). The molecule has 0 amide bonds. The van der Waals surface area contributed by atoms with Gasteiger partial charge in [0, 0.05) is 23.5 Å². The molecule has 0 saturated carbocycles. The average molecular weight is 518 g/mol. The number of ether oxygens (including phenoxy) is 3. The van der Waals surface area contributed by atoms with E-state index in [9.17, 15) is 22.4 Å². The van der Waals surface area contributed by atoms with Crippen LogP contribution in [0.2, 0.25) is 10.0 Å². The van der Waals surface area contributed by atoms with Crippen molar-refractivity contribution in [3.8, 4) is 17.2 Å². The van der Waals surface area contributed by atoms with Crippen molar-refractivity contribution in [2.24, 2.45) is 0 Å². The summed E-state index contributed by atoms with van der Waals surface area (Å²) < 4.78 is 69.6. The van der Waals surface area contributed by atoms with Crippen LogP contribution >= 0.6 is 23.2 Å². The van der Waals surface area contributed by atoms with Crippen LogP contribution in [-0.4, -0.2) is 25.5 Å². The summed E-state index contributed by atoms with van der Waals surface area (Å²) in [6, 6.07) is 5.09. The monoisotopic (exact) mass is 517 g/mol. The Kier molecular flexibility index (Phi) is 7.89. The molecule has 2 aromatic carbocycles. The molecule has 0 aliphatic heterocycles. The molecule has 1 heterocycles. The van der Waals surface area contributed by atoms with Gasteiger partial charge in [-0.15, -0.1) is 0 Å². The second kappa shape index (κ2) is 10.5. The second-order valence-electron chi connectivity index (χ2n) is 6.98. The minimum atomic E-state index is -4.74. The fourth-order valence-corrected chi connectivity index (χ4v) is 3.98. The Balaban J connectivity index is 2.11. The van der Waals surface area contributed by atoms with Crippen molar-refractivity contribution >= 4 is 29.5 Å². The normalized spacial score (nSPS) is 12.2. The van der Waals surface area contributed by atoms with E-state index in [-0.39, 0.29) is 44.0 Å². The molecule has 180 valence electrons. The summed E-state index contributed by atoms with van der Waals surface area (Å²) in [7, 11) is 2.69. The molecule has 0 aliphatic rings. The molecular formula is C23H17Cl2F4NO4. The first-order valence-electron chi connectivity index (χ1n) is 9.59. The van der Waals surface area contributed by atoms with Crippen LogP contribution in [0.1, 0.15) is 28.2 Å². The summed E-state index contributed by atoms with van der Waals surface area (Å²) in [6.45, 7) is -0.471. The van der Waals surface area contributed by atoms with Gasteiger partial charge in [0.05, 0.1) is 35.7 Å². The SMILES string of the molecule is COc1ccc(C(C=O)c2c(Cl)cncc2Cl)c(OCc2cc(F)cc(C(F)(F)F)c2)c1OC. The van der Waals surface area contributed by atoms with Crippen molar-refractivity contribution in [2.45, 2.75) is 18.7 Å². The Morgan fingerprint density at radius 3 is 2.26 bits per heavy atom. The molecule has 0 radical (unpaired) electrons. The number of pyridine rings is 1. The van der Waals surface area contributed by atoms with Crippen molar-refractivity contribution in [3.05, 3.63) is 80.8 Å². The Hall–Kier alpha value is -3.04. The topological polar surface area (TPSA) is 57.7 Å². The third-order valence-electron chi connectivity index (χ3n) is 4.87. The van der Waals surface area contributed by atoms with Gasteiger partial charge < -0.3 is 19.0 Å². The minimum Gasteiger partial charge on any atom is -0.493 e. The van der Waals surface area contributed by atoms with E-state index in [1.807, 2.05) is 0 Å². The van der Waals surface area contributed by atoms with Gasteiger partial charge >= 0.3 is 6.18 Å². The zero-order valence-corrected chi connectivity index (χ0v) is 19.3. The number of hydrogen-bond acceptors (Lipinski definition) is 5. The highest BCUT2D eigenvalue weighted by atomic mass is 35.5. The Morgan fingerprint density at radius 1 is 1.03 bits per heavy atom. The van der Waals surface area contributed by atoms with E-state index < -0.39 is 30.1 Å². The predicted molar refractivity (Wildman–Crippen MR) is 117 cm³/mol. The number of rotatable bonds is 8. The van der Waals surface area contributed by atoms with Gasteiger partial charge in [0.25, 0.3) is 0 Å². The van der Waals surface area contributed by atoms with Crippen molar-refractivity contribution in [2.75, 3.05) is 14.2 Å². The summed E-state index contributed by atoms with van der Waals surface area (Å²) in [5.74, 6) is -1.84. The fraction of sp³-hybridized carbons (Fsp3) is 0.217. The zero-order chi connectivity index (χ0) is 25.0. The number of halogens is 6. The summed E-state index contributed by atoms with van der Waals surface area (Å²) >= 11 is 12.5. The largest absolute Gasteiger partial charge is 0.493 e. The van der Waals surface area contributed by atoms with E-state index in [4.69, 9.17) is 37.4 Å². The van der Waals surface area contributed by atoms with Crippen LogP contribution in [0, 0.1) is 5.82 Å². The molecule has 0 fully saturated rings. The molecule has 0 spiro atoms. The third kappa shape index (κ3) is 5.37. The van der Waals surface area contributed by atoms with E-state index in [0.717, 1.165) is 12.1 Å². The standard InChI is InChI=1S/C23H17Cl2F4NO4/c1-32-19-4-3-15(16(10-31)20-17(24)8-30-9-18(20)25)21(22(19)33-2)34-11-12-5-13(23(27,28)29)7-14(26)6-12/h3-10,16H,11H2,1-2H3. The van der Waals surface area contributed by atoms with Crippen LogP contribution in [0.5, 0.6) is 17.2 Å². The van der Waals surface area contributed by atoms with Crippen molar-refractivity contribution in [3.63, 3.8) is 0 Å². The van der Waals surface area contributed by atoms with E-state index >= 15 is 0 Å². The van der Waals surface area contributed by atoms with Gasteiger partial charge in [-0.2, -0.15) is 13.2 Å². The molecule has 5 nitrogen and oxygen atoms in total. The molecule has 3 aromatic rings. The van der Waals surface area contributed by atoms with Gasteiger partial charge in [-0.05, 0) is 29.8 Å². The molecule has 0 N–H and O–H groups in total. The molecule has 1 aromatic heterocycles. The molecule has 1 atom stereocenters. The quantitative estimate of drug-likeness (QED) is 0.253. The summed E-state index contributed by atoms with van der Waals surface area (Å²) in [6.07, 6.45) is -1.55. The van der Waals surface area contributed by atoms with Crippen LogP contribution in [0.15, 0.2) is 42.7 Å². The first-order chi connectivity index (χ1) is 16.1. The number of carbonyl (C=O) groups is 1. The van der Waals surface area contributed by atoms with Crippen LogP contribution in [0.3, 0.4) is 0 Å². The van der Waals surface area contributed by atoms with Crippen molar-refractivity contribution in [1.82, 2.24) is 4.98 Å². The number of hydrogen-bond donors (Lipinski definition) is 0. The van der Waals surface area contributed by atoms with Crippen molar-refractivity contribution in [1.29, 1.82) is 0 Å². The van der Waals surface area contributed by atoms with Gasteiger partial charge in [-0.1, -0.05) is 29.3 Å². The Morgan fingerprint density at radius 2 is 1.71 bits per heavy atom. The lowest BCUT2D eigenvalue weighted by molar-refractivity contribution is -0.137. The molecule has 11 heteroatoms. The molecule has 1 unspecified atom stereocenters. The van der Waals surface area contributed by atoms with Gasteiger partial charge in [0.1, 0.15) is 18.7 Å². The third-order valence-corrected chi connectivity index (χ3v) is 5.47. The van der Waals surface area contributed by atoms with E-state index in [2.05, 4.69) is 4.98 Å². The first kappa shape index (κ1) is 25.6. The van der Waals surface area contributed by atoms with Crippen LogP contribution < -0.4 is 14.2 Å². The maximum Gasteiger partial charge on any atom is 0.416 e. The summed E-state index contributed by atoms with van der Waals surface area (Å²) in [4.78, 5) is 16.0. The highest BCUT2D eigenvalue weighted by molar-refractivity contribution is 6.36. The number of aldehydes is 1. The zero-order valence-electron chi connectivity index (χ0n) is 17.8. The lowest BCUT2D eigenvalue weighted by Gasteiger charge is -2.22. The first-order valence-corrected chi connectivity index (χ1v) is 10.3. The Bertz CT molecular complexity index is 1180. The smallest absolute Gasteiger partial charge is 0.416 e. The number of methoxy groups -OCH3 is 2. The summed E-state index contributed by atoms with van der Waals surface area (Å²) in [5.41, 5.74) is -0.763. The molecular weight excluding hydrogens is 501 g/mol. The Labute approximate surface area is 202 Å². The maximum absolute atomic E-state index is 13.8. The van der Waals surface area contributed by atoms with Gasteiger partial charge in [0.15, 0.2) is 11.5 Å². The predicted octanol–water partition coefficient (Wildman–Crippen LogP) is 6.47. The molecule has 0 saturated heterocycles. The molecule has 0 bridgehead atoms.